The Bertz CT molecular complexity index is 1480. The third-order valence-electron chi connectivity index (χ3n) is 8.27. The summed E-state index contributed by atoms with van der Waals surface area (Å²) in [6.45, 7) is 5.64. The molecule has 0 aliphatic carbocycles. The number of methoxy groups -OCH3 is 2. The summed E-state index contributed by atoms with van der Waals surface area (Å²) in [5, 5.41) is 18.3. The van der Waals surface area contributed by atoms with Gasteiger partial charge in [0.1, 0.15) is 0 Å². The van der Waals surface area contributed by atoms with Crippen molar-refractivity contribution in [3.8, 4) is 23.0 Å². The van der Waals surface area contributed by atoms with Crippen molar-refractivity contribution < 1.29 is 52.7 Å². The lowest BCUT2D eigenvalue weighted by Gasteiger charge is -2.23. The highest BCUT2D eigenvalue weighted by Crippen LogP contribution is 2.42. The molecule has 0 bridgehead atoms. The van der Waals surface area contributed by atoms with Crippen LogP contribution in [-0.4, -0.2) is 71.2 Å². The molecule has 45 heavy (non-hydrogen) atoms. The number of hydrogen-bond acceptors (Lipinski definition) is 8. The average molecular weight is 631 g/mol. The zero-order valence-electron chi connectivity index (χ0n) is 26.1. The largest absolute Gasteiger partial charge is 0.493 e. The molecule has 3 atom stereocenters. The van der Waals surface area contributed by atoms with Crippen LogP contribution in [0.4, 0.5) is 4.39 Å². The number of rotatable bonds is 14. The molecule has 2 heterocycles. The van der Waals surface area contributed by atoms with Crippen LogP contribution in [0.1, 0.15) is 68.3 Å². The van der Waals surface area contributed by atoms with Crippen molar-refractivity contribution in [3.63, 3.8) is 0 Å². The summed E-state index contributed by atoms with van der Waals surface area (Å²) in [5.41, 5.74) is 2.65. The number of nitrogens with zero attached hydrogens (tertiary/aromatic N) is 2. The van der Waals surface area contributed by atoms with Gasteiger partial charge in [-0.25, -0.2) is 4.39 Å². The smallest absolute Gasteiger partial charge is 0.306 e. The first-order chi connectivity index (χ1) is 21.4. The summed E-state index contributed by atoms with van der Waals surface area (Å²) in [6, 6.07) is 4.99. The molecule has 0 fully saturated rings. The van der Waals surface area contributed by atoms with Crippen molar-refractivity contribution in [1.29, 1.82) is 0 Å². The molecular formula is C32H39FN2O10. The predicted molar refractivity (Wildman–Crippen MR) is 158 cm³/mol. The van der Waals surface area contributed by atoms with E-state index in [0.717, 1.165) is 11.1 Å². The number of carboxylic acids is 2. The summed E-state index contributed by atoms with van der Waals surface area (Å²) in [6.07, 6.45) is 0.110. The van der Waals surface area contributed by atoms with E-state index >= 15 is 4.39 Å². The fourth-order valence-electron chi connectivity index (χ4n) is 5.49. The lowest BCUT2D eigenvalue weighted by Crippen LogP contribution is -2.30. The van der Waals surface area contributed by atoms with Crippen LogP contribution < -0.4 is 18.9 Å². The number of carbonyl (C=O) groups excluding carboxylic acids is 2. The molecule has 12 nitrogen and oxygen atoms in total. The maximum atomic E-state index is 15.5. The summed E-state index contributed by atoms with van der Waals surface area (Å²) < 4.78 is 38.2. The summed E-state index contributed by atoms with van der Waals surface area (Å²) in [5.74, 6) is -3.89. The molecule has 4 rings (SSSR count). The molecule has 0 spiro atoms. The zero-order chi connectivity index (χ0) is 33.0. The Morgan fingerprint density at radius 2 is 1.44 bits per heavy atom. The van der Waals surface area contributed by atoms with Crippen LogP contribution in [0.2, 0.25) is 0 Å². The molecule has 2 aliphatic rings. The van der Waals surface area contributed by atoms with Gasteiger partial charge in [-0.3, -0.25) is 19.2 Å². The topological polar surface area (TPSA) is 152 Å². The SMILES string of the molecule is COc1cc2c(cc1OCCCOc1c(OC)cc3c(c1F)CN(C(=O)CC(C)C(=O)O)C3)C(C)N(C(=O)CC(C)C(=O)O)C2. The van der Waals surface area contributed by atoms with Crippen molar-refractivity contribution in [2.45, 2.75) is 65.7 Å². The quantitative estimate of drug-likeness (QED) is 0.291. The van der Waals surface area contributed by atoms with E-state index in [2.05, 4.69) is 0 Å². The molecule has 0 aromatic heterocycles. The van der Waals surface area contributed by atoms with Crippen LogP contribution in [0.25, 0.3) is 0 Å². The molecule has 13 heteroatoms. The number of aliphatic carboxylic acids is 2. The van der Waals surface area contributed by atoms with E-state index < -0.39 is 29.6 Å². The number of carboxylic acid groups (broad SMARTS) is 2. The fourth-order valence-corrected chi connectivity index (χ4v) is 5.49. The first-order valence-corrected chi connectivity index (χ1v) is 14.7. The Morgan fingerprint density at radius 1 is 0.844 bits per heavy atom. The molecule has 3 unspecified atom stereocenters. The zero-order valence-corrected chi connectivity index (χ0v) is 26.1. The molecule has 2 aromatic rings. The monoisotopic (exact) mass is 630 g/mol. The summed E-state index contributed by atoms with van der Waals surface area (Å²) in [7, 11) is 2.91. The van der Waals surface area contributed by atoms with Gasteiger partial charge in [-0.2, -0.15) is 0 Å². The van der Waals surface area contributed by atoms with Crippen LogP contribution in [0.3, 0.4) is 0 Å². The van der Waals surface area contributed by atoms with Crippen LogP contribution in [-0.2, 0) is 38.8 Å². The molecule has 0 saturated heterocycles. The van der Waals surface area contributed by atoms with Gasteiger partial charge >= 0.3 is 11.9 Å². The van der Waals surface area contributed by atoms with Crippen molar-refractivity contribution in [3.05, 3.63) is 46.3 Å². The van der Waals surface area contributed by atoms with Crippen LogP contribution >= 0.6 is 0 Å². The molecule has 2 aromatic carbocycles. The van der Waals surface area contributed by atoms with E-state index in [1.807, 2.05) is 19.1 Å². The van der Waals surface area contributed by atoms with E-state index in [1.54, 1.807) is 11.0 Å². The maximum Gasteiger partial charge on any atom is 0.306 e. The number of fused-ring (bicyclic) bond motifs is 2. The minimum absolute atomic E-state index is 0.00790. The van der Waals surface area contributed by atoms with Gasteiger partial charge in [0.15, 0.2) is 28.8 Å². The maximum absolute atomic E-state index is 15.5. The lowest BCUT2D eigenvalue weighted by atomic mass is 10.0. The number of ether oxygens (including phenoxy) is 4. The number of halogens is 1. The highest BCUT2D eigenvalue weighted by Gasteiger charge is 2.34. The van der Waals surface area contributed by atoms with Crippen LogP contribution in [0.5, 0.6) is 23.0 Å². The lowest BCUT2D eigenvalue weighted by molar-refractivity contribution is -0.146. The second kappa shape index (κ2) is 14.0. The van der Waals surface area contributed by atoms with E-state index in [0.29, 0.717) is 35.6 Å². The predicted octanol–water partition coefficient (Wildman–Crippen LogP) is 4.16. The van der Waals surface area contributed by atoms with E-state index in [9.17, 15) is 24.3 Å². The highest BCUT2D eigenvalue weighted by molar-refractivity contribution is 5.83. The second-order valence-corrected chi connectivity index (χ2v) is 11.4. The minimum atomic E-state index is -1.07. The summed E-state index contributed by atoms with van der Waals surface area (Å²) in [4.78, 5) is 50.8. The number of hydrogen-bond donors (Lipinski definition) is 2. The van der Waals surface area contributed by atoms with Gasteiger partial charge in [-0.15, -0.1) is 0 Å². The fraction of sp³-hybridized carbons (Fsp3) is 0.500. The Kier molecular flexibility index (Phi) is 10.4. The third-order valence-corrected chi connectivity index (χ3v) is 8.27. The van der Waals surface area contributed by atoms with E-state index in [4.69, 9.17) is 24.1 Å². The van der Waals surface area contributed by atoms with Crippen molar-refractivity contribution >= 4 is 23.8 Å². The highest BCUT2D eigenvalue weighted by atomic mass is 19.1. The molecule has 0 saturated carbocycles. The van der Waals surface area contributed by atoms with Crippen LogP contribution in [0, 0.1) is 17.7 Å². The Labute approximate surface area is 260 Å². The molecule has 2 N–H and O–H groups in total. The van der Waals surface area contributed by atoms with Crippen LogP contribution in [0.15, 0.2) is 18.2 Å². The third kappa shape index (κ3) is 7.23. The van der Waals surface area contributed by atoms with Gasteiger partial charge < -0.3 is 39.0 Å². The molecule has 244 valence electrons. The summed E-state index contributed by atoms with van der Waals surface area (Å²) >= 11 is 0. The van der Waals surface area contributed by atoms with Crippen molar-refractivity contribution in [2.75, 3.05) is 27.4 Å². The average Bonchev–Trinajstić information content (AvgIpc) is 3.58. The Morgan fingerprint density at radius 3 is 2.07 bits per heavy atom. The molecular weight excluding hydrogens is 591 g/mol. The first-order valence-electron chi connectivity index (χ1n) is 14.7. The van der Waals surface area contributed by atoms with Gasteiger partial charge in [0.05, 0.1) is 45.3 Å². The first kappa shape index (κ1) is 33.3. The number of benzene rings is 2. The van der Waals surface area contributed by atoms with Gasteiger partial charge in [0.2, 0.25) is 11.8 Å². The minimum Gasteiger partial charge on any atom is -0.493 e. The van der Waals surface area contributed by atoms with Gasteiger partial charge in [-0.05, 0) is 41.8 Å². The van der Waals surface area contributed by atoms with Gasteiger partial charge in [-0.1, -0.05) is 13.8 Å². The van der Waals surface area contributed by atoms with Gasteiger partial charge in [0.25, 0.3) is 0 Å². The van der Waals surface area contributed by atoms with Gasteiger partial charge in [0, 0.05) is 44.5 Å². The van der Waals surface area contributed by atoms with E-state index in [1.165, 1.54) is 33.0 Å². The normalized spacial score (nSPS) is 16.4. The molecule has 2 amide bonds. The Balaban J connectivity index is 1.36. The number of carbonyl (C=O) groups is 4. The standard InChI is InChI=1S/C32H39FN2O10/c1-17(31(38)39)9-27(36)34-14-20-12-26(43-5)30(29(33)23(20)16-34)45-8-6-7-44-25-13-22-19(3)35(15-21(22)11-24(25)42-4)28(37)10-18(2)32(40)41/h11-13,17-19H,6-10,14-16H2,1-5H3,(H,38,39)(H,40,41). The van der Waals surface area contributed by atoms with Crippen molar-refractivity contribution in [2.24, 2.45) is 11.8 Å². The van der Waals surface area contributed by atoms with Crippen molar-refractivity contribution in [1.82, 2.24) is 9.80 Å². The molecule has 0 radical (unpaired) electrons. The number of amides is 2. The second-order valence-electron chi connectivity index (χ2n) is 11.4. The Hall–Kier alpha value is -4.55. The van der Waals surface area contributed by atoms with E-state index in [-0.39, 0.29) is 68.5 Å². The molecule has 2 aliphatic heterocycles.